The van der Waals surface area contributed by atoms with Crippen LogP contribution in [0.25, 0.3) is 0 Å². The molecule has 1 aliphatic heterocycles. The van der Waals surface area contributed by atoms with Gasteiger partial charge >= 0.3 is 6.09 Å². The average Bonchev–Trinajstić information content (AvgIpc) is 2.76. The van der Waals surface area contributed by atoms with E-state index in [1.807, 2.05) is 32.9 Å². The molecule has 2 heterocycles. The lowest BCUT2D eigenvalue weighted by Crippen LogP contribution is -2.36. The molecule has 5 heteroatoms. The summed E-state index contributed by atoms with van der Waals surface area (Å²) in [5, 5.41) is 0.0218. The van der Waals surface area contributed by atoms with E-state index in [2.05, 4.69) is 4.98 Å². The third-order valence-electron chi connectivity index (χ3n) is 2.49. The molecular weight excluding hydrogens is 248 g/mol. The highest BCUT2D eigenvalue weighted by atomic mass is 32.2. The van der Waals surface area contributed by atoms with Crippen LogP contribution in [0.4, 0.5) is 4.79 Å². The van der Waals surface area contributed by atoms with Crippen molar-refractivity contribution in [2.24, 2.45) is 0 Å². The van der Waals surface area contributed by atoms with E-state index in [0.717, 1.165) is 17.9 Å². The molecule has 1 saturated heterocycles. The number of hydrogen-bond acceptors (Lipinski definition) is 4. The minimum Gasteiger partial charge on any atom is -0.444 e. The van der Waals surface area contributed by atoms with E-state index in [-0.39, 0.29) is 11.5 Å². The molecule has 0 aliphatic carbocycles. The molecule has 1 amide bonds. The molecule has 1 unspecified atom stereocenters. The van der Waals surface area contributed by atoms with Crippen molar-refractivity contribution in [1.29, 1.82) is 0 Å². The normalized spacial score (nSPS) is 19.9. The smallest absolute Gasteiger partial charge is 0.411 e. The highest BCUT2D eigenvalue weighted by Gasteiger charge is 2.33. The zero-order valence-corrected chi connectivity index (χ0v) is 11.7. The third kappa shape index (κ3) is 3.16. The second-order valence-electron chi connectivity index (χ2n) is 5.18. The summed E-state index contributed by atoms with van der Waals surface area (Å²) >= 11 is 1.74. The highest BCUT2D eigenvalue weighted by Crippen LogP contribution is 2.38. The van der Waals surface area contributed by atoms with Gasteiger partial charge < -0.3 is 4.74 Å². The lowest BCUT2D eigenvalue weighted by Gasteiger charge is -2.28. The van der Waals surface area contributed by atoms with Crippen molar-refractivity contribution < 1.29 is 9.53 Å². The van der Waals surface area contributed by atoms with E-state index in [0.29, 0.717) is 0 Å². The monoisotopic (exact) mass is 266 g/mol. The van der Waals surface area contributed by atoms with Crippen molar-refractivity contribution in [2.75, 3.05) is 12.3 Å². The van der Waals surface area contributed by atoms with Gasteiger partial charge in [-0.15, -0.1) is 11.8 Å². The minimum atomic E-state index is -0.455. The van der Waals surface area contributed by atoms with Gasteiger partial charge in [-0.1, -0.05) is 6.07 Å². The Labute approximate surface area is 112 Å². The molecule has 0 N–H and O–H groups in total. The molecule has 0 spiro atoms. The Balaban J connectivity index is 2.11. The zero-order chi connectivity index (χ0) is 13.2. The number of carbonyl (C=O) groups excluding carboxylic acids is 1. The van der Waals surface area contributed by atoms with Gasteiger partial charge in [-0.2, -0.15) is 0 Å². The molecule has 1 aliphatic rings. The Morgan fingerprint density at radius 1 is 1.56 bits per heavy atom. The van der Waals surface area contributed by atoms with E-state index in [1.54, 1.807) is 29.1 Å². The van der Waals surface area contributed by atoms with Crippen LogP contribution in [0.3, 0.4) is 0 Å². The first-order chi connectivity index (χ1) is 8.47. The van der Waals surface area contributed by atoms with Gasteiger partial charge in [-0.3, -0.25) is 9.88 Å². The lowest BCUT2D eigenvalue weighted by molar-refractivity contribution is 0.0254. The number of aromatic nitrogens is 1. The van der Waals surface area contributed by atoms with Crippen molar-refractivity contribution in [2.45, 2.75) is 31.7 Å². The standard InChI is InChI=1S/C13H18N2O2S/c1-13(2,3)17-12(16)15-7-8-18-11(15)10-5-4-6-14-9-10/h4-6,9,11H,7-8H2,1-3H3. The van der Waals surface area contributed by atoms with Crippen molar-refractivity contribution in [1.82, 2.24) is 9.88 Å². The average molecular weight is 266 g/mol. The van der Waals surface area contributed by atoms with Crippen LogP contribution < -0.4 is 0 Å². The molecule has 0 aromatic carbocycles. The maximum Gasteiger partial charge on any atom is 0.411 e. The van der Waals surface area contributed by atoms with Crippen LogP contribution in [-0.4, -0.2) is 33.9 Å². The minimum absolute atomic E-state index is 0.0218. The zero-order valence-electron chi connectivity index (χ0n) is 10.9. The fraction of sp³-hybridized carbons (Fsp3) is 0.538. The second-order valence-corrected chi connectivity index (χ2v) is 6.37. The number of amides is 1. The first kappa shape index (κ1) is 13.2. The number of rotatable bonds is 1. The topological polar surface area (TPSA) is 42.4 Å². The van der Waals surface area contributed by atoms with Crippen molar-refractivity contribution in [3.05, 3.63) is 30.1 Å². The lowest BCUT2D eigenvalue weighted by atomic mass is 10.2. The Bertz CT molecular complexity index is 417. The number of thioether (sulfide) groups is 1. The number of hydrogen-bond donors (Lipinski definition) is 0. The van der Waals surface area contributed by atoms with Gasteiger partial charge in [0.1, 0.15) is 11.0 Å². The molecule has 4 nitrogen and oxygen atoms in total. The summed E-state index contributed by atoms with van der Waals surface area (Å²) in [6, 6.07) is 3.88. The Hall–Kier alpha value is -1.23. The van der Waals surface area contributed by atoms with Crippen LogP contribution in [0.15, 0.2) is 24.5 Å². The fourth-order valence-electron chi connectivity index (χ4n) is 1.78. The molecule has 0 radical (unpaired) electrons. The van der Waals surface area contributed by atoms with E-state index in [4.69, 9.17) is 4.74 Å². The van der Waals surface area contributed by atoms with Gasteiger partial charge in [0.2, 0.25) is 0 Å². The van der Waals surface area contributed by atoms with E-state index in [9.17, 15) is 4.79 Å². The fourth-order valence-corrected chi connectivity index (χ4v) is 3.00. The highest BCUT2D eigenvalue weighted by molar-refractivity contribution is 7.99. The maximum absolute atomic E-state index is 12.1. The predicted octanol–water partition coefficient (Wildman–Crippen LogP) is 3.06. The quantitative estimate of drug-likeness (QED) is 0.783. The first-order valence-electron chi connectivity index (χ1n) is 5.98. The van der Waals surface area contributed by atoms with Gasteiger partial charge in [0.05, 0.1) is 0 Å². The number of nitrogens with zero attached hydrogens (tertiary/aromatic N) is 2. The van der Waals surface area contributed by atoms with Gasteiger partial charge in [0.25, 0.3) is 0 Å². The summed E-state index contributed by atoms with van der Waals surface area (Å²) in [4.78, 5) is 18.0. The van der Waals surface area contributed by atoms with Crippen molar-refractivity contribution >= 4 is 17.9 Å². The third-order valence-corrected chi connectivity index (χ3v) is 3.75. The van der Waals surface area contributed by atoms with Crippen molar-refractivity contribution in [3.63, 3.8) is 0 Å². The molecule has 2 rings (SSSR count). The van der Waals surface area contributed by atoms with Gasteiger partial charge in [0.15, 0.2) is 0 Å². The van der Waals surface area contributed by atoms with Gasteiger partial charge in [-0.25, -0.2) is 4.79 Å². The van der Waals surface area contributed by atoms with E-state index < -0.39 is 5.60 Å². The summed E-state index contributed by atoms with van der Waals surface area (Å²) in [5.41, 5.74) is 0.593. The molecule has 1 aromatic rings. The van der Waals surface area contributed by atoms with Crippen molar-refractivity contribution in [3.8, 4) is 0 Å². The summed E-state index contributed by atoms with van der Waals surface area (Å²) in [7, 11) is 0. The first-order valence-corrected chi connectivity index (χ1v) is 7.03. The Morgan fingerprint density at radius 2 is 2.33 bits per heavy atom. The van der Waals surface area contributed by atoms with Crippen LogP contribution in [0.1, 0.15) is 31.7 Å². The Morgan fingerprint density at radius 3 is 2.94 bits per heavy atom. The maximum atomic E-state index is 12.1. The number of ether oxygens (including phenoxy) is 1. The molecule has 0 saturated carbocycles. The van der Waals surface area contributed by atoms with Crippen LogP contribution in [-0.2, 0) is 4.74 Å². The summed E-state index contributed by atoms with van der Waals surface area (Å²) in [6.45, 7) is 6.37. The second kappa shape index (κ2) is 5.18. The Kier molecular flexibility index (Phi) is 3.80. The van der Waals surface area contributed by atoms with Gasteiger partial charge in [-0.05, 0) is 26.8 Å². The number of pyridine rings is 1. The summed E-state index contributed by atoms with van der Waals surface area (Å²) in [6.07, 6.45) is 3.29. The molecule has 1 atom stereocenters. The molecule has 98 valence electrons. The molecule has 0 bridgehead atoms. The van der Waals surface area contributed by atoms with Crippen LogP contribution in [0.2, 0.25) is 0 Å². The van der Waals surface area contributed by atoms with Crippen LogP contribution >= 0.6 is 11.8 Å². The summed E-state index contributed by atoms with van der Waals surface area (Å²) in [5.74, 6) is 0.929. The molecule has 1 fully saturated rings. The van der Waals surface area contributed by atoms with Gasteiger partial charge in [0, 0.05) is 30.3 Å². The predicted molar refractivity (Wildman–Crippen MR) is 72.4 cm³/mol. The number of carbonyl (C=O) groups is 1. The van der Waals surface area contributed by atoms with E-state index in [1.165, 1.54) is 0 Å². The molecule has 1 aromatic heterocycles. The molecule has 18 heavy (non-hydrogen) atoms. The largest absolute Gasteiger partial charge is 0.444 e. The molecular formula is C13H18N2O2S. The van der Waals surface area contributed by atoms with Crippen LogP contribution in [0.5, 0.6) is 0 Å². The van der Waals surface area contributed by atoms with Crippen LogP contribution in [0, 0.1) is 0 Å². The van der Waals surface area contributed by atoms with E-state index >= 15 is 0 Å². The SMILES string of the molecule is CC(C)(C)OC(=O)N1CCSC1c1cccnc1. The summed E-state index contributed by atoms with van der Waals surface area (Å²) < 4.78 is 5.43.